The average molecular weight is 631 g/mol. The van der Waals surface area contributed by atoms with Crippen LogP contribution >= 0.6 is 11.8 Å². The minimum Gasteiger partial charge on any atom is -0.394 e. The molecule has 0 amide bonds. The van der Waals surface area contributed by atoms with E-state index in [-0.39, 0.29) is 11.7 Å². The predicted octanol–water partition coefficient (Wildman–Crippen LogP) is -3.03. The molecule has 10 atom stereocenters. The molecule has 1 aliphatic carbocycles. The van der Waals surface area contributed by atoms with Crippen molar-refractivity contribution < 1.29 is 60.5 Å². The third-order valence-electron chi connectivity index (χ3n) is 8.12. The van der Waals surface area contributed by atoms with Gasteiger partial charge in [0.1, 0.15) is 66.6 Å². The molecule has 0 unspecified atom stereocenters. The highest BCUT2D eigenvalue weighted by atomic mass is 32.2. The van der Waals surface area contributed by atoms with Gasteiger partial charge in [0.2, 0.25) is 0 Å². The molecule has 2 aromatic rings. The Kier molecular flexibility index (Phi) is 10.0. The van der Waals surface area contributed by atoms with E-state index in [1.807, 2.05) is 0 Å². The van der Waals surface area contributed by atoms with E-state index in [9.17, 15) is 51.1 Å². The van der Waals surface area contributed by atoms with E-state index in [1.165, 1.54) is 0 Å². The lowest BCUT2D eigenvalue weighted by molar-refractivity contribution is -0.214. The van der Waals surface area contributed by atoms with Crippen LogP contribution in [-0.2, 0) is 15.1 Å². The van der Waals surface area contributed by atoms with Crippen LogP contribution in [0.3, 0.4) is 0 Å². The van der Waals surface area contributed by atoms with Gasteiger partial charge in [-0.3, -0.25) is 0 Å². The zero-order chi connectivity index (χ0) is 31.8. The average Bonchev–Trinajstić information content (AvgIpc) is 3.27. The van der Waals surface area contributed by atoms with Gasteiger partial charge in [0.05, 0.1) is 19.2 Å². The fourth-order valence-corrected chi connectivity index (χ4v) is 6.34. The molecule has 0 saturated carbocycles. The quantitative estimate of drug-likeness (QED) is 0.118. The first kappa shape index (κ1) is 32.8. The van der Waals surface area contributed by atoms with Crippen LogP contribution in [-0.4, -0.2) is 137 Å². The van der Waals surface area contributed by atoms with Crippen LogP contribution in [0.1, 0.15) is 22.3 Å². The molecular formula is C31H34O12S. The van der Waals surface area contributed by atoms with E-state index in [0.29, 0.717) is 33.4 Å². The van der Waals surface area contributed by atoms with Crippen molar-refractivity contribution in [2.45, 2.75) is 66.6 Å². The maximum atomic E-state index is 12.0. The summed E-state index contributed by atoms with van der Waals surface area (Å²) < 4.78 is 10.9. The lowest BCUT2D eigenvalue weighted by Crippen LogP contribution is -2.58. The summed E-state index contributed by atoms with van der Waals surface area (Å²) in [5, 5.41) is 101. The molecule has 0 radical (unpaired) electrons. The molecule has 3 aliphatic rings. The molecular weight excluding hydrogens is 596 g/mol. The zero-order valence-corrected chi connectivity index (χ0v) is 24.1. The molecule has 10 N–H and O–H groups in total. The Bertz CT molecular complexity index is 1370. The highest BCUT2D eigenvalue weighted by molar-refractivity contribution is 7.99. The van der Waals surface area contributed by atoms with Crippen molar-refractivity contribution in [1.82, 2.24) is 0 Å². The van der Waals surface area contributed by atoms with Gasteiger partial charge in [-0.25, -0.2) is 0 Å². The maximum absolute atomic E-state index is 12.0. The number of ether oxygens (including phenoxy) is 2. The molecule has 0 bridgehead atoms. The van der Waals surface area contributed by atoms with Gasteiger partial charge < -0.3 is 60.5 Å². The van der Waals surface area contributed by atoms with Crippen LogP contribution < -0.4 is 0 Å². The molecule has 12 nitrogen and oxygen atoms in total. The predicted molar refractivity (Wildman–Crippen MR) is 156 cm³/mol. The fraction of sp³-hybridized carbons (Fsp3) is 0.484. The molecule has 0 spiro atoms. The molecule has 13 heteroatoms. The van der Waals surface area contributed by atoms with Crippen LogP contribution in [0.15, 0.2) is 36.4 Å². The van der Waals surface area contributed by atoms with E-state index in [2.05, 4.69) is 23.7 Å². The molecule has 0 aromatic heterocycles. The van der Waals surface area contributed by atoms with Crippen molar-refractivity contribution >= 4 is 11.8 Å². The van der Waals surface area contributed by atoms with E-state index < -0.39 is 79.9 Å². The van der Waals surface area contributed by atoms with Crippen LogP contribution in [0.4, 0.5) is 0 Å². The highest BCUT2D eigenvalue weighted by Gasteiger charge is 2.45. The SMILES string of the molecule is OCSCC1(O)c2cc(C#C[C@H]3O[C@H](CO)[C@@H](O)[C@H](O)[C@@H]3O)ccc2-c2ccc(C#C[C@H]3O[C@H](CO)[C@@H](O)[C@H](O)[C@@H]3O)cc21. The summed E-state index contributed by atoms with van der Waals surface area (Å²) >= 11 is 1.10. The summed E-state index contributed by atoms with van der Waals surface area (Å²) in [7, 11) is 0. The third-order valence-corrected chi connectivity index (χ3v) is 8.93. The molecule has 2 fully saturated rings. The van der Waals surface area contributed by atoms with E-state index in [0.717, 1.165) is 11.8 Å². The first-order chi connectivity index (χ1) is 21.0. The lowest BCUT2D eigenvalue weighted by atomic mass is 9.91. The minimum atomic E-state index is -1.57. The van der Waals surface area contributed by atoms with Gasteiger partial charge in [0.15, 0.2) is 0 Å². The Balaban J connectivity index is 1.45. The Morgan fingerprint density at radius 2 is 1.07 bits per heavy atom. The number of aliphatic hydroxyl groups is 10. The van der Waals surface area contributed by atoms with Crippen LogP contribution in [0.25, 0.3) is 11.1 Å². The second kappa shape index (κ2) is 13.4. The van der Waals surface area contributed by atoms with Gasteiger partial charge in [-0.2, -0.15) is 0 Å². The summed E-state index contributed by atoms with van der Waals surface area (Å²) in [6, 6.07) is 10.3. The molecule has 44 heavy (non-hydrogen) atoms. The van der Waals surface area contributed by atoms with Crippen molar-refractivity contribution in [2.75, 3.05) is 24.9 Å². The van der Waals surface area contributed by atoms with E-state index in [4.69, 9.17) is 9.47 Å². The van der Waals surface area contributed by atoms with Gasteiger partial charge in [-0.15, -0.1) is 11.8 Å². The fourth-order valence-electron chi connectivity index (χ4n) is 5.64. The molecule has 2 aliphatic heterocycles. The van der Waals surface area contributed by atoms with Crippen molar-refractivity contribution in [3.8, 4) is 34.8 Å². The smallest absolute Gasteiger partial charge is 0.147 e. The van der Waals surface area contributed by atoms with Gasteiger partial charge >= 0.3 is 0 Å². The topological polar surface area (TPSA) is 221 Å². The Morgan fingerprint density at radius 3 is 1.45 bits per heavy atom. The Labute approximate surface area is 257 Å². The number of fused-ring (bicyclic) bond motifs is 3. The van der Waals surface area contributed by atoms with Gasteiger partial charge in [-0.05, 0) is 46.5 Å². The molecule has 2 heterocycles. The molecule has 5 rings (SSSR count). The van der Waals surface area contributed by atoms with Crippen molar-refractivity contribution in [3.63, 3.8) is 0 Å². The highest BCUT2D eigenvalue weighted by Crippen LogP contribution is 2.49. The van der Waals surface area contributed by atoms with Crippen LogP contribution in [0.2, 0.25) is 0 Å². The molecule has 2 saturated heterocycles. The zero-order valence-electron chi connectivity index (χ0n) is 23.3. The summed E-state index contributed by atoms with van der Waals surface area (Å²) in [4.78, 5) is 0. The van der Waals surface area contributed by atoms with Crippen LogP contribution in [0.5, 0.6) is 0 Å². The van der Waals surface area contributed by atoms with Gasteiger partial charge in [0.25, 0.3) is 0 Å². The largest absolute Gasteiger partial charge is 0.394 e. The number of benzene rings is 2. The Morgan fingerprint density at radius 1 is 0.636 bits per heavy atom. The number of aliphatic hydroxyl groups excluding tert-OH is 9. The maximum Gasteiger partial charge on any atom is 0.147 e. The van der Waals surface area contributed by atoms with Gasteiger partial charge in [0, 0.05) is 16.9 Å². The number of rotatable bonds is 5. The van der Waals surface area contributed by atoms with Crippen molar-refractivity contribution in [3.05, 3.63) is 58.7 Å². The first-order valence-electron chi connectivity index (χ1n) is 13.9. The van der Waals surface area contributed by atoms with E-state index >= 15 is 0 Å². The molecule has 236 valence electrons. The monoisotopic (exact) mass is 630 g/mol. The van der Waals surface area contributed by atoms with Gasteiger partial charge in [-0.1, -0.05) is 35.8 Å². The summed E-state index contributed by atoms with van der Waals surface area (Å²) in [5.41, 5.74) is 1.77. The standard InChI is InChI=1S/C31H34O12S/c32-11-23-27(37)29(39)25(35)21(42-23)7-3-15-1-5-17-18-6-2-16(10-20(18)31(41,13-44-14-34)19(17)9-15)4-8-22-26(36)30(40)28(38)24(12-33)43-22/h1-2,5-6,9-10,21-30,32-41H,11-14H2/t21-,22-,23-,24-,25-,26-,27-,28-,29-,30-/m1/s1. The number of hydrogen-bond acceptors (Lipinski definition) is 13. The summed E-state index contributed by atoms with van der Waals surface area (Å²) in [6.07, 6.45) is -13.7. The molecule has 2 aromatic carbocycles. The second-order valence-electron chi connectivity index (χ2n) is 10.9. The minimum absolute atomic E-state index is 0.0800. The first-order valence-corrected chi connectivity index (χ1v) is 15.0. The van der Waals surface area contributed by atoms with Crippen LogP contribution in [0, 0.1) is 23.7 Å². The van der Waals surface area contributed by atoms with E-state index in [1.54, 1.807) is 36.4 Å². The number of hydrogen-bond donors (Lipinski definition) is 10. The lowest BCUT2D eigenvalue weighted by Gasteiger charge is -2.37. The summed E-state index contributed by atoms with van der Waals surface area (Å²) in [6.45, 7) is -1.16. The second-order valence-corrected chi connectivity index (χ2v) is 11.9. The third kappa shape index (κ3) is 6.01. The summed E-state index contributed by atoms with van der Waals surface area (Å²) in [5.74, 6) is 11.0. The van der Waals surface area contributed by atoms with Crippen molar-refractivity contribution in [2.24, 2.45) is 0 Å². The van der Waals surface area contributed by atoms with Crippen molar-refractivity contribution in [1.29, 1.82) is 0 Å². The number of thioether (sulfide) groups is 1. The Hall–Kier alpha value is -2.57. The normalized spacial score (nSPS) is 33.8.